The van der Waals surface area contributed by atoms with E-state index in [1.807, 2.05) is 52.5 Å². The van der Waals surface area contributed by atoms with E-state index in [1.54, 1.807) is 11.3 Å². The molecule has 0 unspecified atom stereocenters. The van der Waals surface area contributed by atoms with Gasteiger partial charge < -0.3 is 10.1 Å². The van der Waals surface area contributed by atoms with Gasteiger partial charge >= 0.3 is 5.97 Å². The summed E-state index contributed by atoms with van der Waals surface area (Å²) in [6.07, 6.45) is 0.308. The molecule has 0 fully saturated rings. The van der Waals surface area contributed by atoms with Crippen LogP contribution in [-0.2, 0) is 22.6 Å². The van der Waals surface area contributed by atoms with Gasteiger partial charge in [0.2, 0.25) is 0 Å². The first-order valence-electron chi connectivity index (χ1n) is 6.73. The summed E-state index contributed by atoms with van der Waals surface area (Å²) >= 11 is 3.06. The van der Waals surface area contributed by atoms with E-state index in [0.29, 0.717) is 6.42 Å². The molecule has 3 rings (SSSR count). The molecule has 112 valence electrons. The summed E-state index contributed by atoms with van der Waals surface area (Å²) in [7, 11) is 0. The highest BCUT2D eigenvalue weighted by molar-refractivity contribution is 7.13. The van der Waals surface area contributed by atoms with Gasteiger partial charge in [0.1, 0.15) is 6.61 Å². The summed E-state index contributed by atoms with van der Waals surface area (Å²) in [6.45, 7) is 0.204. The van der Waals surface area contributed by atoms with E-state index in [4.69, 9.17) is 4.74 Å². The molecule has 2 aromatic heterocycles. The summed E-state index contributed by atoms with van der Waals surface area (Å²) in [6, 6.07) is 11.8. The van der Waals surface area contributed by atoms with Gasteiger partial charge in [0.05, 0.1) is 12.1 Å². The van der Waals surface area contributed by atoms with Crippen LogP contribution in [0.15, 0.2) is 52.5 Å². The van der Waals surface area contributed by atoms with Crippen molar-refractivity contribution in [1.82, 2.24) is 4.98 Å². The summed E-state index contributed by atoms with van der Waals surface area (Å²) in [4.78, 5) is 16.1. The lowest BCUT2D eigenvalue weighted by molar-refractivity contribution is -0.144. The zero-order chi connectivity index (χ0) is 15.2. The molecular weight excluding hydrogens is 316 g/mol. The Morgan fingerprint density at radius 1 is 1.18 bits per heavy atom. The number of aromatic nitrogens is 1. The van der Waals surface area contributed by atoms with E-state index in [2.05, 4.69) is 10.3 Å². The molecule has 1 aromatic carbocycles. The highest BCUT2D eigenvalue weighted by atomic mass is 32.1. The number of hydrogen-bond acceptors (Lipinski definition) is 6. The molecule has 4 nitrogen and oxygen atoms in total. The second-order valence-corrected chi connectivity index (χ2v) is 6.24. The van der Waals surface area contributed by atoms with Gasteiger partial charge in [0.25, 0.3) is 0 Å². The molecular formula is C16H14N2O2S2. The molecule has 0 saturated heterocycles. The molecule has 0 bridgehead atoms. The Bertz CT molecular complexity index is 724. The lowest BCUT2D eigenvalue weighted by Crippen LogP contribution is -2.07. The van der Waals surface area contributed by atoms with Gasteiger partial charge in [-0.3, -0.25) is 4.79 Å². The third-order valence-electron chi connectivity index (χ3n) is 2.89. The number of nitrogens with one attached hydrogen (secondary N) is 1. The predicted molar refractivity (Wildman–Crippen MR) is 89.7 cm³/mol. The average Bonchev–Trinajstić information content (AvgIpc) is 3.18. The fraction of sp³-hybridized carbons (Fsp3) is 0.125. The van der Waals surface area contributed by atoms with Crippen molar-refractivity contribution < 1.29 is 9.53 Å². The number of carbonyl (C=O) groups is 1. The fourth-order valence-corrected chi connectivity index (χ4v) is 3.22. The van der Waals surface area contributed by atoms with Crippen molar-refractivity contribution >= 4 is 39.5 Å². The second kappa shape index (κ2) is 7.20. The van der Waals surface area contributed by atoms with Crippen molar-refractivity contribution in [2.75, 3.05) is 5.32 Å². The van der Waals surface area contributed by atoms with Gasteiger partial charge in [-0.1, -0.05) is 18.2 Å². The topological polar surface area (TPSA) is 51.2 Å². The maximum atomic E-state index is 11.7. The Hall–Kier alpha value is -2.18. The van der Waals surface area contributed by atoms with Gasteiger partial charge in [-0.25, -0.2) is 4.98 Å². The number of nitrogens with zero attached hydrogens (tertiary/aromatic N) is 1. The SMILES string of the molecule is O=C(Cc1ccsc1)OCc1csc(Nc2ccccc2)n1. The van der Waals surface area contributed by atoms with E-state index >= 15 is 0 Å². The Morgan fingerprint density at radius 3 is 2.82 bits per heavy atom. The molecule has 0 atom stereocenters. The third-order valence-corrected chi connectivity index (χ3v) is 4.42. The summed E-state index contributed by atoms with van der Waals surface area (Å²) in [5, 5.41) is 9.80. The van der Waals surface area contributed by atoms with Crippen molar-refractivity contribution in [3.8, 4) is 0 Å². The first-order chi connectivity index (χ1) is 10.8. The summed E-state index contributed by atoms with van der Waals surface area (Å²) < 4.78 is 5.25. The molecule has 3 aromatic rings. The first-order valence-corrected chi connectivity index (χ1v) is 8.55. The lowest BCUT2D eigenvalue weighted by atomic mass is 10.2. The molecule has 0 aliphatic carbocycles. The minimum absolute atomic E-state index is 0.204. The van der Waals surface area contributed by atoms with Crippen molar-refractivity contribution in [2.45, 2.75) is 13.0 Å². The first kappa shape index (κ1) is 14.7. The van der Waals surface area contributed by atoms with Gasteiger partial charge in [-0.2, -0.15) is 11.3 Å². The van der Waals surface area contributed by atoms with E-state index in [1.165, 1.54) is 11.3 Å². The minimum Gasteiger partial charge on any atom is -0.459 e. The van der Waals surface area contributed by atoms with Crippen LogP contribution >= 0.6 is 22.7 Å². The number of para-hydroxylation sites is 1. The molecule has 6 heteroatoms. The van der Waals surface area contributed by atoms with Crippen LogP contribution in [0.25, 0.3) is 0 Å². The minimum atomic E-state index is -0.232. The Morgan fingerprint density at radius 2 is 2.05 bits per heavy atom. The standard InChI is InChI=1S/C16H14N2O2S2/c19-15(8-12-6-7-21-10-12)20-9-14-11-22-16(18-14)17-13-4-2-1-3-5-13/h1-7,10-11H,8-9H2,(H,17,18). The highest BCUT2D eigenvalue weighted by Crippen LogP contribution is 2.21. The maximum absolute atomic E-state index is 11.7. The van der Waals surface area contributed by atoms with Crippen molar-refractivity contribution in [2.24, 2.45) is 0 Å². The fourth-order valence-electron chi connectivity index (χ4n) is 1.84. The molecule has 0 aliphatic rings. The van der Waals surface area contributed by atoms with Crippen LogP contribution in [-0.4, -0.2) is 11.0 Å². The van der Waals surface area contributed by atoms with Gasteiger partial charge in [0, 0.05) is 11.1 Å². The average molecular weight is 330 g/mol. The zero-order valence-electron chi connectivity index (χ0n) is 11.7. The second-order valence-electron chi connectivity index (χ2n) is 4.60. The van der Waals surface area contributed by atoms with Crippen LogP contribution in [0.3, 0.4) is 0 Å². The monoisotopic (exact) mass is 330 g/mol. The van der Waals surface area contributed by atoms with E-state index < -0.39 is 0 Å². The maximum Gasteiger partial charge on any atom is 0.310 e. The predicted octanol–water partition coefficient (Wildman–Crippen LogP) is 4.23. The van der Waals surface area contributed by atoms with Crippen LogP contribution in [0.1, 0.15) is 11.3 Å². The molecule has 0 amide bonds. The quantitative estimate of drug-likeness (QED) is 0.687. The molecule has 0 radical (unpaired) electrons. The Balaban J connectivity index is 1.50. The lowest BCUT2D eigenvalue weighted by Gasteiger charge is -2.02. The smallest absolute Gasteiger partial charge is 0.310 e. The normalized spacial score (nSPS) is 10.4. The Kier molecular flexibility index (Phi) is 4.82. The van der Waals surface area contributed by atoms with Crippen molar-refractivity contribution in [1.29, 1.82) is 0 Å². The van der Waals surface area contributed by atoms with Gasteiger partial charge in [0.15, 0.2) is 5.13 Å². The van der Waals surface area contributed by atoms with E-state index in [-0.39, 0.29) is 12.6 Å². The van der Waals surface area contributed by atoms with Crippen LogP contribution in [0.5, 0.6) is 0 Å². The van der Waals surface area contributed by atoms with Crippen LogP contribution < -0.4 is 5.32 Å². The highest BCUT2D eigenvalue weighted by Gasteiger charge is 2.08. The van der Waals surface area contributed by atoms with Crippen molar-refractivity contribution in [3.05, 3.63) is 63.8 Å². The van der Waals surface area contributed by atoms with Crippen molar-refractivity contribution in [3.63, 3.8) is 0 Å². The molecule has 22 heavy (non-hydrogen) atoms. The molecule has 1 N–H and O–H groups in total. The number of thiazole rings is 1. The molecule has 0 spiro atoms. The molecule has 0 aliphatic heterocycles. The number of hydrogen-bond donors (Lipinski definition) is 1. The third kappa shape index (κ3) is 4.16. The number of ether oxygens (including phenoxy) is 1. The summed E-state index contributed by atoms with van der Waals surface area (Å²) in [5.41, 5.74) is 2.72. The number of benzene rings is 1. The number of carbonyl (C=O) groups excluding carboxylic acids is 1. The van der Waals surface area contributed by atoms with E-state index in [9.17, 15) is 4.79 Å². The van der Waals surface area contributed by atoms with Crippen LogP contribution in [0, 0.1) is 0 Å². The number of esters is 1. The van der Waals surface area contributed by atoms with E-state index in [0.717, 1.165) is 22.1 Å². The summed E-state index contributed by atoms with van der Waals surface area (Å²) in [5.74, 6) is -0.232. The number of anilines is 2. The molecule has 0 saturated carbocycles. The zero-order valence-corrected chi connectivity index (χ0v) is 13.3. The number of rotatable bonds is 6. The number of thiophene rings is 1. The Labute approximate surface area is 136 Å². The van der Waals surface area contributed by atoms with Gasteiger partial charge in [-0.05, 0) is 34.5 Å². The molecule has 2 heterocycles. The largest absolute Gasteiger partial charge is 0.459 e. The van der Waals surface area contributed by atoms with Crippen LogP contribution in [0.2, 0.25) is 0 Å². The van der Waals surface area contributed by atoms with Crippen LogP contribution in [0.4, 0.5) is 10.8 Å². The van der Waals surface area contributed by atoms with Gasteiger partial charge in [-0.15, -0.1) is 11.3 Å².